The van der Waals surface area contributed by atoms with E-state index in [-0.39, 0.29) is 5.91 Å². The van der Waals surface area contributed by atoms with Gasteiger partial charge in [0.2, 0.25) is 0 Å². The molecule has 4 rings (SSSR count). The van der Waals surface area contributed by atoms with Crippen LogP contribution in [0.3, 0.4) is 0 Å². The standard InChI is InChI=1S/C18H12BrN3OS/c19-12-7-5-11(6-8-12)16-10-24-18(21-16)22-17(23)14-9-20-15-4-2-1-3-13(14)15/h1-10,20H,(H,21,22,23). The molecule has 2 N–H and O–H groups in total. The molecule has 2 aromatic carbocycles. The van der Waals surface area contributed by atoms with Gasteiger partial charge in [-0.25, -0.2) is 4.98 Å². The summed E-state index contributed by atoms with van der Waals surface area (Å²) in [4.78, 5) is 20.1. The smallest absolute Gasteiger partial charge is 0.259 e. The van der Waals surface area contributed by atoms with E-state index in [9.17, 15) is 4.79 Å². The van der Waals surface area contributed by atoms with Gasteiger partial charge in [-0.2, -0.15) is 0 Å². The number of halogens is 1. The van der Waals surface area contributed by atoms with Gasteiger partial charge in [0, 0.05) is 32.5 Å². The van der Waals surface area contributed by atoms with Gasteiger partial charge in [-0.1, -0.05) is 46.3 Å². The number of hydrogen-bond donors (Lipinski definition) is 2. The second-order valence-corrected chi connectivity index (χ2v) is 7.02. The molecular weight excluding hydrogens is 386 g/mol. The van der Waals surface area contributed by atoms with E-state index in [0.717, 1.165) is 26.6 Å². The van der Waals surface area contributed by atoms with Crippen molar-refractivity contribution in [2.45, 2.75) is 0 Å². The van der Waals surface area contributed by atoms with E-state index in [4.69, 9.17) is 0 Å². The summed E-state index contributed by atoms with van der Waals surface area (Å²) in [6.45, 7) is 0. The van der Waals surface area contributed by atoms with Crippen molar-refractivity contribution in [3.8, 4) is 11.3 Å². The Morgan fingerprint density at radius 1 is 1.12 bits per heavy atom. The fourth-order valence-corrected chi connectivity index (χ4v) is 3.49. The van der Waals surface area contributed by atoms with Crippen molar-refractivity contribution in [1.82, 2.24) is 9.97 Å². The summed E-state index contributed by atoms with van der Waals surface area (Å²) in [6, 6.07) is 15.7. The minimum Gasteiger partial charge on any atom is -0.360 e. The number of nitrogens with one attached hydrogen (secondary N) is 2. The monoisotopic (exact) mass is 397 g/mol. The molecule has 2 heterocycles. The van der Waals surface area contributed by atoms with Crippen LogP contribution in [0.5, 0.6) is 0 Å². The molecule has 6 heteroatoms. The van der Waals surface area contributed by atoms with Gasteiger partial charge < -0.3 is 4.98 Å². The van der Waals surface area contributed by atoms with Gasteiger partial charge in [-0.05, 0) is 18.2 Å². The number of aromatic nitrogens is 2. The lowest BCUT2D eigenvalue weighted by atomic mass is 10.1. The van der Waals surface area contributed by atoms with Crippen molar-refractivity contribution in [2.24, 2.45) is 0 Å². The molecule has 0 fully saturated rings. The van der Waals surface area contributed by atoms with Crippen LogP contribution in [0.25, 0.3) is 22.2 Å². The molecule has 0 aliphatic carbocycles. The normalized spacial score (nSPS) is 10.9. The van der Waals surface area contributed by atoms with Gasteiger partial charge >= 0.3 is 0 Å². The third-order valence-corrected chi connectivity index (χ3v) is 4.98. The maximum Gasteiger partial charge on any atom is 0.259 e. The fourth-order valence-electron chi connectivity index (χ4n) is 2.51. The number of fused-ring (bicyclic) bond motifs is 1. The third-order valence-electron chi connectivity index (χ3n) is 3.70. The number of aromatic amines is 1. The van der Waals surface area contributed by atoms with Crippen molar-refractivity contribution < 1.29 is 4.79 Å². The zero-order valence-corrected chi connectivity index (χ0v) is 14.8. The SMILES string of the molecule is O=C(Nc1nc(-c2ccc(Br)cc2)cs1)c1c[nH]c2ccccc12. The van der Waals surface area contributed by atoms with Crippen molar-refractivity contribution >= 4 is 49.2 Å². The van der Waals surface area contributed by atoms with Crippen molar-refractivity contribution in [2.75, 3.05) is 5.32 Å². The number of hydrogen-bond acceptors (Lipinski definition) is 3. The molecule has 118 valence electrons. The summed E-state index contributed by atoms with van der Waals surface area (Å²) in [5, 5.41) is 6.30. The lowest BCUT2D eigenvalue weighted by Gasteiger charge is -2.00. The van der Waals surface area contributed by atoms with E-state index in [1.807, 2.05) is 53.9 Å². The first-order valence-electron chi connectivity index (χ1n) is 7.29. The zero-order valence-electron chi connectivity index (χ0n) is 12.4. The van der Waals surface area contributed by atoms with E-state index in [2.05, 4.69) is 31.2 Å². The quantitative estimate of drug-likeness (QED) is 0.492. The topological polar surface area (TPSA) is 57.8 Å². The molecule has 1 amide bonds. The summed E-state index contributed by atoms with van der Waals surface area (Å²) in [5.74, 6) is -0.163. The lowest BCUT2D eigenvalue weighted by Crippen LogP contribution is -2.11. The zero-order chi connectivity index (χ0) is 16.5. The molecule has 0 unspecified atom stereocenters. The number of nitrogens with zero attached hydrogens (tertiary/aromatic N) is 1. The minimum absolute atomic E-state index is 0.163. The van der Waals surface area contributed by atoms with Crippen molar-refractivity contribution in [3.05, 3.63) is 70.1 Å². The Labute approximate surface area is 150 Å². The molecule has 0 atom stereocenters. The number of rotatable bonds is 3. The van der Waals surface area contributed by atoms with Crippen LogP contribution in [0.15, 0.2) is 64.6 Å². The Morgan fingerprint density at radius 3 is 2.75 bits per heavy atom. The van der Waals surface area contributed by atoms with Gasteiger partial charge in [0.05, 0.1) is 11.3 Å². The van der Waals surface area contributed by atoms with Gasteiger partial charge in [-0.3, -0.25) is 10.1 Å². The summed E-state index contributed by atoms with van der Waals surface area (Å²) in [6.07, 6.45) is 1.73. The second-order valence-electron chi connectivity index (χ2n) is 5.25. The van der Waals surface area contributed by atoms with Crippen LogP contribution in [-0.2, 0) is 0 Å². The maximum atomic E-state index is 12.5. The number of H-pyrrole nitrogens is 1. The number of anilines is 1. The second kappa shape index (κ2) is 6.22. The van der Waals surface area contributed by atoms with Crippen LogP contribution in [0.2, 0.25) is 0 Å². The van der Waals surface area contributed by atoms with Crippen LogP contribution >= 0.6 is 27.3 Å². The molecule has 24 heavy (non-hydrogen) atoms. The lowest BCUT2D eigenvalue weighted by molar-refractivity contribution is 0.102. The largest absolute Gasteiger partial charge is 0.360 e. The average molecular weight is 398 g/mol. The van der Waals surface area contributed by atoms with Crippen LogP contribution in [0, 0.1) is 0 Å². The predicted molar refractivity (Wildman–Crippen MR) is 102 cm³/mol. The highest BCUT2D eigenvalue weighted by Gasteiger charge is 2.14. The summed E-state index contributed by atoms with van der Waals surface area (Å²) in [7, 11) is 0. The van der Waals surface area contributed by atoms with E-state index in [1.165, 1.54) is 11.3 Å². The Kier molecular flexibility index (Phi) is 3.92. The molecule has 4 nitrogen and oxygen atoms in total. The van der Waals surface area contributed by atoms with Gasteiger partial charge in [0.25, 0.3) is 5.91 Å². The molecule has 0 aliphatic rings. The van der Waals surface area contributed by atoms with Crippen molar-refractivity contribution in [1.29, 1.82) is 0 Å². The van der Waals surface area contributed by atoms with Crippen LogP contribution in [-0.4, -0.2) is 15.9 Å². The molecule has 0 saturated carbocycles. The summed E-state index contributed by atoms with van der Waals surface area (Å²) >= 11 is 4.83. The first-order chi connectivity index (χ1) is 11.7. The number of carbonyl (C=O) groups is 1. The number of benzene rings is 2. The Morgan fingerprint density at radius 2 is 1.92 bits per heavy atom. The summed E-state index contributed by atoms with van der Waals surface area (Å²) < 4.78 is 1.02. The van der Waals surface area contributed by atoms with E-state index in [1.54, 1.807) is 6.20 Å². The average Bonchev–Trinajstić information content (AvgIpc) is 3.22. The molecule has 0 aliphatic heterocycles. The minimum atomic E-state index is -0.163. The van der Waals surface area contributed by atoms with Gasteiger partial charge in [-0.15, -0.1) is 11.3 Å². The van der Waals surface area contributed by atoms with Crippen LogP contribution in [0.1, 0.15) is 10.4 Å². The number of amides is 1. The molecule has 0 bridgehead atoms. The Bertz CT molecular complexity index is 1020. The third kappa shape index (κ3) is 2.86. The molecule has 0 radical (unpaired) electrons. The maximum absolute atomic E-state index is 12.5. The van der Waals surface area contributed by atoms with Gasteiger partial charge in [0.1, 0.15) is 0 Å². The Hall–Kier alpha value is -2.44. The van der Waals surface area contributed by atoms with E-state index >= 15 is 0 Å². The van der Waals surface area contributed by atoms with E-state index in [0.29, 0.717) is 10.7 Å². The number of thiazole rings is 1. The van der Waals surface area contributed by atoms with Crippen LogP contribution < -0.4 is 5.32 Å². The summed E-state index contributed by atoms with van der Waals surface area (Å²) in [5.41, 5.74) is 3.42. The first kappa shape index (κ1) is 15.1. The Balaban J connectivity index is 1.57. The number of carbonyl (C=O) groups excluding carboxylic acids is 1. The molecule has 0 saturated heterocycles. The molecule has 2 aromatic heterocycles. The van der Waals surface area contributed by atoms with Gasteiger partial charge in [0.15, 0.2) is 5.13 Å². The highest BCUT2D eigenvalue weighted by atomic mass is 79.9. The first-order valence-corrected chi connectivity index (χ1v) is 8.97. The predicted octanol–water partition coefficient (Wildman–Crippen LogP) is 5.31. The highest BCUT2D eigenvalue weighted by Crippen LogP contribution is 2.27. The highest BCUT2D eigenvalue weighted by molar-refractivity contribution is 9.10. The molecule has 4 aromatic rings. The van der Waals surface area contributed by atoms with Crippen molar-refractivity contribution in [3.63, 3.8) is 0 Å². The number of para-hydroxylation sites is 1. The van der Waals surface area contributed by atoms with E-state index < -0.39 is 0 Å². The molecule has 0 spiro atoms. The molecular formula is C18H12BrN3OS. The fraction of sp³-hybridized carbons (Fsp3) is 0. The van der Waals surface area contributed by atoms with Crippen LogP contribution in [0.4, 0.5) is 5.13 Å².